The van der Waals surface area contributed by atoms with Gasteiger partial charge >= 0.3 is 0 Å². The Morgan fingerprint density at radius 3 is 2.88 bits per heavy atom. The number of hydrogen-bond acceptors (Lipinski definition) is 3. The van der Waals surface area contributed by atoms with Gasteiger partial charge in [-0.1, -0.05) is 5.16 Å². The molecule has 0 aliphatic heterocycles. The number of oxime groups is 1. The van der Waals surface area contributed by atoms with Crippen molar-refractivity contribution in [3.63, 3.8) is 0 Å². The molecule has 92 valence electrons. The normalized spacial score (nSPS) is 13.2. The minimum Gasteiger partial charge on any atom is -0.409 e. The molecule has 0 aliphatic rings. The van der Waals surface area contributed by atoms with Gasteiger partial charge in [0.15, 0.2) is 5.84 Å². The Morgan fingerprint density at radius 2 is 2.29 bits per heavy atom. The molecule has 0 saturated carbocycles. The average molecular weight is 304 g/mol. The van der Waals surface area contributed by atoms with Gasteiger partial charge < -0.3 is 16.3 Å². The second kappa shape index (κ2) is 5.62. The number of nitrogens with two attached hydrogens (primary N) is 1. The van der Waals surface area contributed by atoms with Crippen LogP contribution >= 0.6 is 15.9 Å². The molecule has 0 saturated heterocycles. The highest BCUT2D eigenvalue weighted by atomic mass is 79.9. The molecule has 17 heavy (non-hydrogen) atoms. The van der Waals surface area contributed by atoms with Crippen molar-refractivity contribution in [2.75, 3.05) is 0 Å². The number of carbonyl (C=O) groups excluding carboxylic acids is 1. The summed E-state index contributed by atoms with van der Waals surface area (Å²) in [7, 11) is 0. The van der Waals surface area contributed by atoms with Crippen LogP contribution in [0.3, 0.4) is 0 Å². The summed E-state index contributed by atoms with van der Waals surface area (Å²) in [5.74, 6) is -1.17. The molecule has 1 rings (SSSR count). The Morgan fingerprint density at radius 1 is 1.65 bits per heavy atom. The van der Waals surface area contributed by atoms with E-state index in [-0.39, 0.29) is 11.4 Å². The van der Waals surface area contributed by atoms with Crippen molar-refractivity contribution in [1.82, 2.24) is 5.32 Å². The van der Waals surface area contributed by atoms with Crippen LogP contribution < -0.4 is 11.1 Å². The molecule has 0 bridgehead atoms. The third kappa shape index (κ3) is 3.42. The molecule has 0 aliphatic carbocycles. The molecule has 0 heterocycles. The van der Waals surface area contributed by atoms with Crippen LogP contribution in [-0.2, 0) is 0 Å². The highest BCUT2D eigenvalue weighted by Gasteiger charge is 2.15. The van der Waals surface area contributed by atoms with Crippen molar-refractivity contribution >= 4 is 27.7 Å². The van der Waals surface area contributed by atoms with Gasteiger partial charge in [0.1, 0.15) is 5.82 Å². The topological polar surface area (TPSA) is 87.7 Å². The summed E-state index contributed by atoms with van der Waals surface area (Å²) >= 11 is 3.14. The monoisotopic (exact) mass is 303 g/mol. The number of rotatable bonds is 3. The fraction of sp³-hybridized carbons (Fsp3) is 0.200. The maximum atomic E-state index is 13.0. The first kappa shape index (κ1) is 13.4. The Hall–Kier alpha value is -1.63. The van der Waals surface area contributed by atoms with Gasteiger partial charge in [-0.25, -0.2) is 4.39 Å². The van der Waals surface area contributed by atoms with Gasteiger partial charge in [-0.3, -0.25) is 4.79 Å². The number of amidine groups is 1. The van der Waals surface area contributed by atoms with Crippen LogP contribution in [-0.4, -0.2) is 23.0 Å². The highest BCUT2D eigenvalue weighted by Crippen LogP contribution is 2.17. The van der Waals surface area contributed by atoms with E-state index < -0.39 is 17.8 Å². The van der Waals surface area contributed by atoms with Crippen molar-refractivity contribution < 1.29 is 14.4 Å². The lowest BCUT2D eigenvalue weighted by atomic mass is 10.2. The largest absolute Gasteiger partial charge is 0.409 e. The third-order valence-corrected chi connectivity index (χ3v) is 2.77. The first-order valence-corrected chi connectivity index (χ1v) is 5.48. The molecule has 0 aromatic heterocycles. The molecule has 1 atom stereocenters. The van der Waals surface area contributed by atoms with Crippen molar-refractivity contribution in [3.8, 4) is 0 Å². The Labute approximate surface area is 106 Å². The van der Waals surface area contributed by atoms with E-state index >= 15 is 0 Å². The lowest BCUT2D eigenvalue weighted by molar-refractivity contribution is 0.0947. The molecule has 7 heteroatoms. The van der Waals surface area contributed by atoms with E-state index in [1.165, 1.54) is 12.1 Å². The van der Waals surface area contributed by atoms with Crippen LogP contribution in [0, 0.1) is 5.82 Å². The summed E-state index contributed by atoms with van der Waals surface area (Å²) in [4.78, 5) is 11.7. The van der Waals surface area contributed by atoms with Gasteiger partial charge in [0.25, 0.3) is 5.91 Å². The predicted octanol–water partition coefficient (Wildman–Crippen LogP) is 1.45. The second-order valence-corrected chi connectivity index (χ2v) is 4.20. The minimum atomic E-state index is -0.650. The zero-order chi connectivity index (χ0) is 13.0. The van der Waals surface area contributed by atoms with Gasteiger partial charge in [-0.2, -0.15) is 0 Å². The molecule has 0 radical (unpaired) electrons. The lowest BCUT2D eigenvalue weighted by Gasteiger charge is -2.12. The van der Waals surface area contributed by atoms with E-state index in [2.05, 4.69) is 26.4 Å². The third-order valence-electron chi connectivity index (χ3n) is 2.08. The van der Waals surface area contributed by atoms with Crippen LogP contribution in [0.25, 0.3) is 0 Å². The van der Waals surface area contributed by atoms with Crippen LogP contribution in [0.1, 0.15) is 17.3 Å². The zero-order valence-electron chi connectivity index (χ0n) is 8.95. The number of benzene rings is 1. The van der Waals surface area contributed by atoms with E-state index in [0.29, 0.717) is 4.47 Å². The van der Waals surface area contributed by atoms with E-state index in [4.69, 9.17) is 10.9 Å². The molecule has 1 aromatic carbocycles. The molecular formula is C10H11BrFN3O2. The van der Waals surface area contributed by atoms with Gasteiger partial charge in [-0.05, 0) is 41.1 Å². The molecule has 4 N–H and O–H groups in total. The van der Waals surface area contributed by atoms with Gasteiger partial charge in [0, 0.05) is 4.47 Å². The molecule has 0 fully saturated rings. The average Bonchev–Trinajstić information content (AvgIpc) is 2.30. The predicted molar refractivity (Wildman–Crippen MR) is 64.4 cm³/mol. The summed E-state index contributed by atoms with van der Waals surface area (Å²) in [6, 6.07) is 3.10. The summed E-state index contributed by atoms with van der Waals surface area (Å²) in [5.41, 5.74) is 5.45. The number of nitrogens with zero attached hydrogens (tertiary/aromatic N) is 1. The summed E-state index contributed by atoms with van der Waals surface area (Å²) in [6.07, 6.45) is 0. The first-order chi connectivity index (χ1) is 7.95. The molecule has 5 nitrogen and oxygen atoms in total. The van der Waals surface area contributed by atoms with Crippen LogP contribution in [0.5, 0.6) is 0 Å². The standard InChI is InChI=1S/C10H11BrFN3O2/c1-5(9(13)15-17)14-10(16)7-4-6(12)2-3-8(7)11/h2-5,17H,1H3,(H2,13,15)(H,14,16). The summed E-state index contributed by atoms with van der Waals surface area (Å²) in [5, 5.41) is 13.7. The van der Waals surface area contributed by atoms with Gasteiger partial charge in [0.05, 0.1) is 11.6 Å². The molecular weight excluding hydrogens is 293 g/mol. The van der Waals surface area contributed by atoms with Crippen LogP contribution in [0.15, 0.2) is 27.8 Å². The number of amides is 1. The quantitative estimate of drug-likeness (QED) is 0.342. The Balaban J connectivity index is 2.87. The fourth-order valence-corrected chi connectivity index (χ4v) is 1.53. The second-order valence-electron chi connectivity index (χ2n) is 3.34. The van der Waals surface area contributed by atoms with Crippen LogP contribution in [0.4, 0.5) is 4.39 Å². The van der Waals surface area contributed by atoms with Crippen molar-refractivity contribution in [2.24, 2.45) is 10.9 Å². The molecule has 1 aromatic rings. The molecule has 1 amide bonds. The Kier molecular flexibility index (Phi) is 4.45. The number of nitrogens with one attached hydrogen (secondary N) is 1. The maximum absolute atomic E-state index is 13.0. The van der Waals surface area contributed by atoms with E-state index in [0.717, 1.165) is 6.07 Å². The Bertz CT molecular complexity index is 465. The van der Waals surface area contributed by atoms with E-state index in [1.807, 2.05) is 0 Å². The lowest BCUT2D eigenvalue weighted by Crippen LogP contribution is -2.42. The number of carbonyl (C=O) groups is 1. The molecule has 1 unspecified atom stereocenters. The smallest absolute Gasteiger partial charge is 0.253 e. The van der Waals surface area contributed by atoms with Crippen molar-refractivity contribution in [1.29, 1.82) is 0 Å². The maximum Gasteiger partial charge on any atom is 0.253 e. The van der Waals surface area contributed by atoms with Gasteiger partial charge in [0.2, 0.25) is 0 Å². The van der Waals surface area contributed by atoms with Crippen molar-refractivity contribution in [2.45, 2.75) is 13.0 Å². The molecule has 0 spiro atoms. The highest BCUT2D eigenvalue weighted by molar-refractivity contribution is 9.10. The van der Waals surface area contributed by atoms with Crippen LogP contribution in [0.2, 0.25) is 0 Å². The SMILES string of the molecule is CC(NC(=O)c1cc(F)ccc1Br)/C(N)=N/O. The van der Waals surface area contributed by atoms with Gasteiger partial charge in [-0.15, -0.1) is 0 Å². The summed E-state index contributed by atoms with van der Waals surface area (Å²) < 4.78 is 13.4. The van der Waals surface area contributed by atoms with E-state index in [1.54, 1.807) is 6.92 Å². The fourth-order valence-electron chi connectivity index (χ4n) is 1.11. The first-order valence-electron chi connectivity index (χ1n) is 4.69. The minimum absolute atomic E-state index is 0.133. The number of halogens is 2. The van der Waals surface area contributed by atoms with E-state index in [9.17, 15) is 9.18 Å². The van der Waals surface area contributed by atoms with Crippen molar-refractivity contribution in [3.05, 3.63) is 34.1 Å². The summed E-state index contributed by atoms with van der Waals surface area (Å²) in [6.45, 7) is 1.54. The number of hydrogen-bond donors (Lipinski definition) is 3. The zero-order valence-corrected chi connectivity index (χ0v) is 10.5.